The van der Waals surface area contributed by atoms with Crippen molar-refractivity contribution in [2.24, 2.45) is 5.92 Å². The number of allylic oxidation sites excluding steroid dienone is 1. The minimum Gasteiger partial charge on any atom is -0.344 e. The van der Waals surface area contributed by atoms with Crippen LogP contribution in [-0.4, -0.2) is 11.9 Å². The number of hydrogen-bond acceptors (Lipinski definition) is 2. The van der Waals surface area contributed by atoms with E-state index in [-0.39, 0.29) is 0 Å². The van der Waals surface area contributed by atoms with Crippen molar-refractivity contribution >= 4 is 0 Å². The van der Waals surface area contributed by atoms with Gasteiger partial charge in [0.25, 0.3) is 0 Å². The van der Waals surface area contributed by atoms with Gasteiger partial charge in [0, 0.05) is 18.9 Å². The predicted molar refractivity (Wildman–Crippen MR) is 43.0 cm³/mol. The molecule has 1 aliphatic heterocycles. The quantitative estimate of drug-likeness (QED) is 0.590. The molecule has 10 heavy (non-hydrogen) atoms. The molecule has 56 valence electrons. The van der Waals surface area contributed by atoms with Crippen LogP contribution >= 0.6 is 0 Å². The normalized spacial score (nSPS) is 17.8. The molecule has 1 aliphatic rings. The zero-order valence-corrected chi connectivity index (χ0v) is 6.81. The minimum absolute atomic E-state index is 0.557. The Morgan fingerprint density at radius 2 is 2.20 bits per heavy atom. The molecule has 0 saturated carbocycles. The summed E-state index contributed by atoms with van der Waals surface area (Å²) in [5.41, 5.74) is 1.24. The first-order valence-corrected chi connectivity index (χ1v) is 3.51. The van der Waals surface area contributed by atoms with Gasteiger partial charge in [-0.25, -0.2) is 0 Å². The van der Waals surface area contributed by atoms with Crippen molar-refractivity contribution in [1.29, 1.82) is 0 Å². The van der Waals surface area contributed by atoms with Gasteiger partial charge in [0.1, 0.15) is 5.82 Å². The first-order chi connectivity index (χ1) is 4.61. The van der Waals surface area contributed by atoms with Gasteiger partial charge in [-0.3, -0.25) is 0 Å². The third-order valence-electron chi connectivity index (χ3n) is 1.67. The maximum absolute atomic E-state index is 3.83. The maximum atomic E-state index is 3.83. The fraction of sp³-hybridized carbons (Fsp3) is 0.500. The van der Waals surface area contributed by atoms with Crippen LogP contribution < -0.4 is 5.32 Å². The summed E-state index contributed by atoms with van der Waals surface area (Å²) in [5.74, 6) is 1.52. The lowest BCUT2D eigenvalue weighted by Crippen LogP contribution is -2.14. The summed E-state index contributed by atoms with van der Waals surface area (Å²) < 4.78 is 0. The van der Waals surface area contributed by atoms with E-state index in [0.29, 0.717) is 5.92 Å². The minimum atomic E-state index is 0.557. The van der Waals surface area contributed by atoms with Gasteiger partial charge in [0.15, 0.2) is 0 Å². The number of rotatable bonds is 1. The van der Waals surface area contributed by atoms with Gasteiger partial charge in [0.05, 0.1) is 0 Å². The number of nitrogens with zero attached hydrogens (tertiary/aromatic N) is 1. The fourth-order valence-corrected chi connectivity index (χ4v) is 0.867. The average Bonchev–Trinajstić information content (AvgIpc) is 2.13. The molecular weight excluding hydrogens is 124 g/mol. The molecule has 0 radical (unpaired) electrons. The van der Waals surface area contributed by atoms with Gasteiger partial charge in [-0.2, -0.15) is 0 Å². The monoisotopic (exact) mass is 138 g/mol. The topological polar surface area (TPSA) is 15.3 Å². The first-order valence-electron chi connectivity index (χ1n) is 3.51. The predicted octanol–water partition coefficient (Wildman–Crippen LogP) is 1.49. The molecule has 2 nitrogen and oxygen atoms in total. The van der Waals surface area contributed by atoms with E-state index >= 15 is 0 Å². The van der Waals surface area contributed by atoms with E-state index in [9.17, 15) is 0 Å². The summed E-state index contributed by atoms with van der Waals surface area (Å²) in [5, 5.41) is 3.20. The lowest BCUT2D eigenvalue weighted by Gasteiger charge is -2.08. The highest BCUT2D eigenvalue weighted by Gasteiger charge is 2.13. The Morgan fingerprint density at radius 1 is 1.60 bits per heavy atom. The van der Waals surface area contributed by atoms with Gasteiger partial charge < -0.3 is 10.2 Å². The first kappa shape index (κ1) is 7.19. The van der Waals surface area contributed by atoms with Crippen LogP contribution in [0.2, 0.25) is 0 Å². The average molecular weight is 138 g/mol. The zero-order chi connectivity index (χ0) is 7.72. The fourth-order valence-electron chi connectivity index (χ4n) is 0.867. The van der Waals surface area contributed by atoms with Crippen LogP contribution in [0.3, 0.4) is 0 Å². The summed E-state index contributed by atoms with van der Waals surface area (Å²) in [6.07, 6.45) is 2.08. The molecule has 2 heteroatoms. The Hall–Kier alpha value is -0.920. The van der Waals surface area contributed by atoms with Gasteiger partial charge in [-0.15, -0.1) is 0 Å². The van der Waals surface area contributed by atoms with E-state index < -0.39 is 0 Å². The summed E-state index contributed by atoms with van der Waals surface area (Å²) in [6.45, 7) is 8.15. The van der Waals surface area contributed by atoms with Gasteiger partial charge >= 0.3 is 0 Å². The molecule has 1 rings (SSSR count). The van der Waals surface area contributed by atoms with E-state index in [1.165, 1.54) is 5.70 Å². The third-order valence-corrected chi connectivity index (χ3v) is 1.67. The second-order valence-corrected chi connectivity index (χ2v) is 2.92. The van der Waals surface area contributed by atoms with Crippen LogP contribution in [0.4, 0.5) is 0 Å². The van der Waals surface area contributed by atoms with Crippen LogP contribution in [0.5, 0.6) is 0 Å². The van der Waals surface area contributed by atoms with Crippen LogP contribution in [0, 0.1) is 5.92 Å². The molecule has 1 N–H and O–H groups in total. The summed E-state index contributed by atoms with van der Waals surface area (Å²) >= 11 is 0. The SMILES string of the molecule is C=C1NC(C(C)C)=CN1C. The van der Waals surface area contributed by atoms with E-state index in [1.54, 1.807) is 0 Å². The molecule has 0 saturated heterocycles. The Balaban J connectivity index is 2.67. The Morgan fingerprint density at radius 3 is 2.40 bits per heavy atom. The van der Waals surface area contributed by atoms with E-state index in [0.717, 1.165) is 5.82 Å². The summed E-state index contributed by atoms with van der Waals surface area (Å²) in [7, 11) is 1.99. The molecule has 0 unspecified atom stereocenters. The molecule has 0 aromatic rings. The Kier molecular flexibility index (Phi) is 1.70. The van der Waals surface area contributed by atoms with Crippen molar-refractivity contribution < 1.29 is 0 Å². The summed E-state index contributed by atoms with van der Waals surface area (Å²) in [6, 6.07) is 0. The van der Waals surface area contributed by atoms with E-state index in [2.05, 4.69) is 31.9 Å². The lowest BCUT2D eigenvalue weighted by atomic mass is 10.1. The zero-order valence-electron chi connectivity index (χ0n) is 6.81. The van der Waals surface area contributed by atoms with Crippen molar-refractivity contribution in [3.63, 3.8) is 0 Å². The standard InChI is InChI=1S/C8H14N2/c1-6(2)8-5-10(4)7(3)9-8/h5-6,9H,3H2,1-2,4H3. The maximum Gasteiger partial charge on any atom is 0.102 e. The van der Waals surface area contributed by atoms with Crippen molar-refractivity contribution in [1.82, 2.24) is 10.2 Å². The largest absolute Gasteiger partial charge is 0.344 e. The van der Waals surface area contributed by atoms with Gasteiger partial charge in [-0.05, 0) is 5.92 Å². The second-order valence-electron chi connectivity index (χ2n) is 2.92. The molecule has 0 fully saturated rings. The van der Waals surface area contributed by atoms with Crippen molar-refractivity contribution in [2.45, 2.75) is 13.8 Å². The molecular formula is C8H14N2. The molecule has 0 aromatic carbocycles. The Bertz CT molecular complexity index is 180. The number of hydrogen-bond donors (Lipinski definition) is 1. The van der Waals surface area contributed by atoms with Crippen LogP contribution in [0.1, 0.15) is 13.8 Å². The smallest absolute Gasteiger partial charge is 0.102 e. The molecule has 0 aliphatic carbocycles. The van der Waals surface area contributed by atoms with Crippen LogP contribution in [0.15, 0.2) is 24.3 Å². The van der Waals surface area contributed by atoms with Crippen molar-refractivity contribution in [2.75, 3.05) is 7.05 Å². The highest BCUT2D eigenvalue weighted by atomic mass is 15.3. The van der Waals surface area contributed by atoms with Crippen molar-refractivity contribution in [3.05, 3.63) is 24.3 Å². The van der Waals surface area contributed by atoms with Crippen LogP contribution in [0.25, 0.3) is 0 Å². The molecule has 0 aromatic heterocycles. The summed E-state index contributed by atoms with van der Waals surface area (Å²) in [4.78, 5) is 2.00. The molecule has 0 atom stereocenters. The molecule has 0 bridgehead atoms. The third kappa shape index (κ3) is 1.15. The molecule has 1 heterocycles. The number of nitrogens with one attached hydrogen (secondary N) is 1. The van der Waals surface area contributed by atoms with E-state index in [4.69, 9.17) is 0 Å². The lowest BCUT2D eigenvalue weighted by molar-refractivity contribution is 0.572. The molecule has 0 spiro atoms. The van der Waals surface area contributed by atoms with Crippen molar-refractivity contribution in [3.8, 4) is 0 Å². The van der Waals surface area contributed by atoms with E-state index in [1.807, 2.05) is 11.9 Å². The highest BCUT2D eigenvalue weighted by Crippen LogP contribution is 2.16. The molecule has 0 amide bonds. The highest BCUT2D eigenvalue weighted by molar-refractivity contribution is 5.18. The van der Waals surface area contributed by atoms with Gasteiger partial charge in [-0.1, -0.05) is 20.4 Å². The van der Waals surface area contributed by atoms with Crippen LogP contribution in [-0.2, 0) is 0 Å². The Labute approximate surface area is 62.2 Å². The second kappa shape index (κ2) is 2.37. The van der Waals surface area contributed by atoms with Gasteiger partial charge in [0.2, 0.25) is 0 Å².